The lowest BCUT2D eigenvalue weighted by molar-refractivity contribution is -0.153. The zero-order valence-corrected chi connectivity index (χ0v) is 40.0. The fraction of sp³-hybridized carbons (Fsp3) is 0.520. The van der Waals surface area contributed by atoms with E-state index in [1.807, 2.05) is 13.8 Å². The third-order valence-corrected chi connectivity index (χ3v) is 15.3. The van der Waals surface area contributed by atoms with Crippen molar-refractivity contribution in [2.75, 3.05) is 32.8 Å². The van der Waals surface area contributed by atoms with Crippen molar-refractivity contribution < 1.29 is 51.5 Å². The highest BCUT2D eigenvalue weighted by Gasteiger charge is 2.57. The minimum absolute atomic E-state index is 0.0525. The van der Waals surface area contributed by atoms with Gasteiger partial charge in [-0.3, -0.25) is 28.0 Å². The number of carbonyl (C=O) groups excluding carboxylic acids is 3. The molecule has 3 aromatic rings. The summed E-state index contributed by atoms with van der Waals surface area (Å²) in [4.78, 5) is 53.2. The van der Waals surface area contributed by atoms with E-state index in [4.69, 9.17) is 45.7 Å². The molecular weight excluding hydrogens is 892 g/mol. The molecule has 6 aliphatic heterocycles. The lowest BCUT2D eigenvalue weighted by atomic mass is 9.85. The normalized spacial score (nSPS) is 27.3. The average molecular weight is 947 g/mol. The highest BCUT2D eigenvalue weighted by molar-refractivity contribution is 7.48. The molecule has 3 aromatic carbocycles. The number of hydrogen-bond donors (Lipinski definition) is 0. The number of benzene rings is 3. The molecule has 0 N–H and O–H groups in total. The Balaban J connectivity index is 1.10. The molecule has 0 aromatic heterocycles. The maximum atomic E-state index is 16.2. The number of hydrogen-bond acceptors (Lipinski definition) is 12. The van der Waals surface area contributed by atoms with Gasteiger partial charge in [-0.15, -0.1) is 0 Å². The van der Waals surface area contributed by atoms with E-state index in [-0.39, 0.29) is 43.8 Å². The standard InChI is InChI=1S/C50H55N6O11P/c1-48(2)45(42(54-21-9-12-39(54)57)34-27-31(52-7)16-19-37(34)63-48)61-24-25-62-68(60,66-46-43(55-22-10-13-40(55)58)33-26-30(29-51)15-18-36(33)64-49(46,3)4)67-47-44(56-23-11-14-41(56)59)35-28-32(53-8)17-20-38(35)65-50(47,5)6/h15-20,26-28,42-47H,9-14,21-25H2,1-6H3/t42-,43-,44-,45+,46+,47+,68?/m1/s1. The Kier molecular flexibility index (Phi) is 12.3. The van der Waals surface area contributed by atoms with Crippen molar-refractivity contribution in [3.63, 3.8) is 0 Å². The van der Waals surface area contributed by atoms with E-state index < -0.39 is 61.1 Å². The van der Waals surface area contributed by atoms with Crippen molar-refractivity contribution in [3.8, 4) is 23.3 Å². The van der Waals surface area contributed by atoms with Crippen LogP contribution in [-0.4, -0.2) is 100 Å². The van der Waals surface area contributed by atoms with Crippen LogP contribution in [0.4, 0.5) is 11.4 Å². The number of ether oxygens (including phenoxy) is 4. The van der Waals surface area contributed by atoms with Gasteiger partial charge in [0.15, 0.2) is 11.4 Å². The first-order valence-corrected chi connectivity index (χ1v) is 24.6. The summed E-state index contributed by atoms with van der Waals surface area (Å²) in [5.74, 6) is 1.04. The van der Waals surface area contributed by atoms with Gasteiger partial charge in [0.05, 0.1) is 56.1 Å². The number of phosphoric acid groups is 1. The van der Waals surface area contributed by atoms with Crippen LogP contribution in [0.3, 0.4) is 0 Å². The Morgan fingerprint density at radius 3 is 1.43 bits per heavy atom. The summed E-state index contributed by atoms with van der Waals surface area (Å²) >= 11 is 0. The number of amides is 3. The molecule has 3 saturated heterocycles. The first-order chi connectivity index (χ1) is 32.4. The number of nitrogens with zero attached hydrogens (tertiary/aromatic N) is 6. The minimum Gasteiger partial charge on any atom is -0.485 e. The average Bonchev–Trinajstić information content (AvgIpc) is 4.05. The van der Waals surface area contributed by atoms with E-state index in [1.54, 1.807) is 97.0 Å². The number of rotatable bonds is 12. The third kappa shape index (κ3) is 8.59. The number of likely N-dealkylation sites (tertiary alicyclic amines) is 3. The zero-order chi connectivity index (χ0) is 48.3. The summed E-state index contributed by atoms with van der Waals surface area (Å²) in [6.07, 6.45) is -0.498. The van der Waals surface area contributed by atoms with Crippen LogP contribution in [0, 0.1) is 24.5 Å². The van der Waals surface area contributed by atoms with Crippen LogP contribution in [0.1, 0.15) is 120 Å². The highest BCUT2D eigenvalue weighted by atomic mass is 31.2. The molecule has 0 spiro atoms. The third-order valence-electron chi connectivity index (χ3n) is 13.8. The predicted octanol–water partition coefficient (Wildman–Crippen LogP) is 8.84. The molecule has 17 nitrogen and oxygen atoms in total. The largest absolute Gasteiger partial charge is 0.485 e. The van der Waals surface area contributed by atoms with Crippen LogP contribution in [0.25, 0.3) is 9.69 Å². The minimum atomic E-state index is -4.95. The van der Waals surface area contributed by atoms with E-state index in [0.717, 1.165) is 0 Å². The van der Waals surface area contributed by atoms with Crippen molar-refractivity contribution in [1.82, 2.24) is 14.7 Å². The highest BCUT2D eigenvalue weighted by Crippen LogP contribution is 2.61. The molecule has 3 amide bonds. The van der Waals surface area contributed by atoms with Gasteiger partial charge in [0.2, 0.25) is 17.7 Å². The van der Waals surface area contributed by atoms with Gasteiger partial charge in [0.25, 0.3) is 0 Å². The Bertz CT molecular complexity index is 2600. The first-order valence-electron chi connectivity index (χ1n) is 23.1. The molecular formula is C50H55N6O11P. The predicted molar refractivity (Wildman–Crippen MR) is 245 cm³/mol. The molecule has 0 aliphatic carbocycles. The van der Waals surface area contributed by atoms with Crippen molar-refractivity contribution in [3.05, 3.63) is 99.7 Å². The summed E-state index contributed by atoms with van der Waals surface area (Å²) in [6, 6.07) is 14.8. The smallest absolute Gasteiger partial charge is 0.475 e. The van der Waals surface area contributed by atoms with Crippen LogP contribution in [0.5, 0.6) is 17.2 Å². The Morgan fingerprint density at radius 2 is 1.03 bits per heavy atom. The van der Waals surface area contributed by atoms with Crippen LogP contribution in [0.2, 0.25) is 0 Å². The van der Waals surface area contributed by atoms with Crippen molar-refractivity contribution in [2.45, 2.75) is 133 Å². The lowest BCUT2D eigenvalue weighted by Gasteiger charge is -2.50. The molecule has 18 heteroatoms. The second-order valence-corrected chi connectivity index (χ2v) is 21.3. The number of nitriles is 1. The monoisotopic (exact) mass is 946 g/mol. The summed E-state index contributed by atoms with van der Waals surface area (Å²) in [5, 5.41) is 9.98. The van der Waals surface area contributed by atoms with E-state index in [0.29, 0.717) is 96.2 Å². The van der Waals surface area contributed by atoms with Gasteiger partial charge in [-0.25, -0.2) is 14.3 Å². The van der Waals surface area contributed by atoms with Crippen LogP contribution < -0.4 is 14.2 Å². The first kappa shape index (κ1) is 47.1. The van der Waals surface area contributed by atoms with E-state index in [1.165, 1.54) is 0 Å². The van der Waals surface area contributed by atoms with Crippen LogP contribution >= 0.6 is 7.82 Å². The molecule has 3 fully saturated rings. The molecule has 6 aliphatic rings. The van der Waals surface area contributed by atoms with E-state index in [9.17, 15) is 19.6 Å². The number of fused-ring (bicyclic) bond motifs is 3. The van der Waals surface area contributed by atoms with Crippen molar-refractivity contribution >= 4 is 36.9 Å². The number of carbonyl (C=O) groups is 3. The van der Waals surface area contributed by atoms with Gasteiger partial charge < -0.3 is 33.6 Å². The van der Waals surface area contributed by atoms with E-state index >= 15 is 4.57 Å². The molecule has 7 atom stereocenters. The molecule has 68 heavy (non-hydrogen) atoms. The van der Waals surface area contributed by atoms with Crippen molar-refractivity contribution in [2.24, 2.45) is 0 Å². The maximum absolute atomic E-state index is 16.2. The second-order valence-electron chi connectivity index (χ2n) is 19.7. The quantitative estimate of drug-likeness (QED) is 0.0960. The summed E-state index contributed by atoms with van der Waals surface area (Å²) in [5.41, 5.74) is -0.931. The summed E-state index contributed by atoms with van der Waals surface area (Å²) < 4.78 is 62.5. The molecule has 0 saturated carbocycles. The van der Waals surface area contributed by atoms with E-state index in [2.05, 4.69) is 15.8 Å². The fourth-order valence-corrected chi connectivity index (χ4v) is 12.5. The molecule has 6 heterocycles. The number of phosphoric ester groups is 1. The maximum Gasteiger partial charge on any atom is 0.475 e. The summed E-state index contributed by atoms with van der Waals surface area (Å²) in [6.45, 7) is 26.9. The van der Waals surface area contributed by atoms with Crippen LogP contribution in [0.15, 0.2) is 54.6 Å². The van der Waals surface area contributed by atoms with Crippen LogP contribution in [-0.2, 0) is 37.3 Å². The van der Waals surface area contributed by atoms with Gasteiger partial charge in [0.1, 0.15) is 52.4 Å². The molecule has 9 rings (SSSR count). The molecule has 0 bridgehead atoms. The molecule has 356 valence electrons. The molecule has 0 radical (unpaired) electrons. The topological polar surface area (TPSA) is 175 Å². The Labute approximate surface area is 396 Å². The lowest BCUT2D eigenvalue weighted by Crippen LogP contribution is -2.56. The SMILES string of the molecule is [C-]#[N+]c1ccc2c(c1)[C@@H](N1CCCC1=O)[C@H](OCCOP(=O)(O[C@H]1[C@H](N3CCCC3=O)c3cc(C#N)ccc3OC1(C)C)O[C@H]1[C@H](N3CCCC3=O)c3cc([N+]#[C-])ccc3OC1(C)C)C(C)(C)O2. The van der Waals surface area contributed by atoms with Crippen molar-refractivity contribution in [1.29, 1.82) is 5.26 Å². The Hall–Kier alpha value is -5.99. The fourth-order valence-electron chi connectivity index (χ4n) is 10.7. The zero-order valence-electron chi connectivity index (χ0n) is 39.1. The second kappa shape index (κ2) is 17.8. The van der Waals surface area contributed by atoms with Gasteiger partial charge in [0, 0.05) is 55.6 Å². The van der Waals surface area contributed by atoms with Gasteiger partial charge in [-0.2, -0.15) is 5.26 Å². The molecule has 1 unspecified atom stereocenters. The van der Waals surface area contributed by atoms with Gasteiger partial charge in [-0.05, 0) is 103 Å². The summed E-state index contributed by atoms with van der Waals surface area (Å²) in [7, 11) is -4.95. The van der Waals surface area contributed by atoms with Gasteiger partial charge >= 0.3 is 7.82 Å². The Morgan fingerprint density at radius 1 is 0.632 bits per heavy atom. The van der Waals surface area contributed by atoms with Gasteiger partial charge in [-0.1, -0.05) is 12.1 Å².